The number of methoxy groups -OCH3 is 7. The molecule has 3 aromatic carbocycles. The first-order valence-electron chi connectivity index (χ1n) is 12.5. The van der Waals surface area contributed by atoms with E-state index in [1.165, 1.54) is 91.2 Å². The number of fused-ring (bicyclic) bond motifs is 1. The van der Waals surface area contributed by atoms with E-state index >= 15 is 0 Å². The van der Waals surface area contributed by atoms with Crippen molar-refractivity contribution in [3.05, 3.63) is 81.9 Å². The minimum atomic E-state index is -2.50. The van der Waals surface area contributed by atoms with E-state index < -0.39 is 34.3 Å². The molecule has 0 fully saturated rings. The topological polar surface area (TPSA) is 136 Å². The molecule has 1 unspecified atom stereocenters. The molecule has 3 aromatic rings. The van der Waals surface area contributed by atoms with E-state index in [0.717, 1.165) is 7.11 Å². The molecule has 1 aliphatic rings. The Bertz CT molecular complexity index is 1590. The van der Waals surface area contributed by atoms with E-state index in [0.29, 0.717) is 11.5 Å². The van der Waals surface area contributed by atoms with Crippen molar-refractivity contribution in [2.45, 2.75) is 5.60 Å². The fourth-order valence-corrected chi connectivity index (χ4v) is 5.05. The Labute approximate surface area is 242 Å². The van der Waals surface area contributed by atoms with Gasteiger partial charge in [0.25, 0.3) is 0 Å². The number of benzene rings is 3. The number of Topliss-reactive ketones (excluding diaryl/α,β-unsaturated/α-hetero) is 2. The third-order valence-corrected chi connectivity index (χ3v) is 7.05. The Morgan fingerprint density at radius 1 is 0.690 bits per heavy atom. The van der Waals surface area contributed by atoms with Crippen LogP contribution in [0.2, 0.25) is 0 Å². The first-order valence-corrected chi connectivity index (χ1v) is 12.5. The number of hydrogen-bond donors (Lipinski definition) is 1. The van der Waals surface area contributed by atoms with Crippen LogP contribution in [-0.2, 0) is 15.1 Å². The summed E-state index contributed by atoms with van der Waals surface area (Å²) in [5.74, 6) is -1.79. The number of carbonyl (C=O) groups excluding carboxylic acids is 3. The van der Waals surface area contributed by atoms with Crippen molar-refractivity contribution < 1.29 is 52.6 Å². The smallest absolute Gasteiger partial charge is 0.338 e. The fraction of sp³-hybridized carbons (Fsp3) is 0.258. The zero-order valence-corrected chi connectivity index (χ0v) is 24.1. The Hall–Kier alpha value is -5.03. The van der Waals surface area contributed by atoms with Crippen molar-refractivity contribution in [3.8, 4) is 34.5 Å². The highest BCUT2D eigenvalue weighted by Crippen LogP contribution is 2.55. The molecule has 4 rings (SSSR count). The maximum Gasteiger partial charge on any atom is 0.338 e. The minimum absolute atomic E-state index is 0.0413. The summed E-state index contributed by atoms with van der Waals surface area (Å²) in [5.41, 5.74) is -3.95. The third kappa shape index (κ3) is 4.57. The van der Waals surface area contributed by atoms with E-state index in [2.05, 4.69) is 0 Å². The molecule has 0 heterocycles. The summed E-state index contributed by atoms with van der Waals surface area (Å²) >= 11 is 0. The normalized spacial score (nSPS) is 15.9. The van der Waals surface area contributed by atoms with Gasteiger partial charge in [-0.05, 0) is 48.0 Å². The standard InChI is InChI=1S/C31H30O11/c1-36-18-11-8-16(9-12-18)26(32)23-25(30(34)42-7)31(35,17-10-13-20(37-2)21(14-17)38-3)24-19(27(23)33)15-22(39-4)28(40-5)29(24)41-6/h8-15,35H,1-7H3. The van der Waals surface area contributed by atoms with Crippen LogP contribution in [0.1, 0.15) is 31.8 Å². The molecule has 1 aliphatic carbocycles. The summed E-state index contributed by atoms with van der Waals surface area (Å²) < 4.78 is 37.7. The van der Waals surface area contributed by atoms with E-state index in [1.54, 1.807) is 0 Å². The lowest BCUT2D eigenvalue weighted by atomic mass is 9.68. The molecule has 0 aliphatic heterocycles. The molecule has 220 valence electrons. The Morgan fingerprint density at radius 3 is 1.83 bits per heavy atom. The highest BCUT2D eigenvalue weighted by molar-refractivity contribution is 6.35. The summed E-state index contributed by atoms with van der Waals surface area (Å²) in [6.45, 7) is 0. The van der Waals surface area contributed by atoms with Crippen LogP contribution in [0, 0.1) is 0 Å². The lowest BCUT2D eigenvalue weighted by Crippen LogP contribution is -2.43. The van der Waals surface area contributed by atoms with Gasteiger partial charge in [-0.1, -0.05) is 6.07 Å². The summed E-state index contributed by atoms with van der Waals surface area (Å²) in [5, 5.41) is 12.8. The van der Waals surface area contributed by atoms with Gasteiger partial charge in [0.1, 0.15) is 5.75 Å². The van der Waals surface area contributed by atoms with Crippen LogP contribution in [0.25, 0.3) is 0 Å². The SMILES string of the molecule is COC(=O)C1=C(C(=O)c2ccc(OC)cc2)C(=O)c2cc(OC)c(OC)c(OC)c2C1(O)c1ccc(OC)c(OC)c1. The highest BCUT2D eigenvalue weighted by atomic mass is 16.5. The number of ketones is 2. The second kappa shape index (κ2) is 11.8. The largest absolute Gasteiger partial charge is 0.497 e. The molecule has 0 saturated heterocycles. The second-order valence-electron chi connectivity index (χ2n) is 8.98. The highest BCUT2D eigenvalue weighted by Gasteiger charge is 2.54. The van der Waals surface area contributed by atoms with Gasteiger partial charge in [-0.2, -0.15) is 0 Å². The van der Waals surface area contributed by atoms with Gasteiger partial charge in [0.15, 0.2) is 40.2 Å². The van der Waals surface area contributed by atoms with Gasteiger partial charge in [0, 0.05) is 11.1 Å². The number of rotatable bonds is 10. The van der Waals surface area contributed by atoms with Crippen molar-refractivity contribution in [2.24, 2.45) is 0 Å². The lowest BCUT2D eigenvalue weighted by molar-refractivity contribution is -0.138. The number of esters is 1. The maximum atomic E-state index is 14.2. The van der Waals surface area contributed by atoms with E-state index in [1.807, 2.05) is 0 Å². The van der Waals surface area contributed by atoms with Crippen LogP contribution >= 0.6 is 0 Å². The van der Waals surface area contributed by atoms with Crippen LogP contribution in [0.15, 0.2) is 59.7 Å². The minimum Gasteiger partial charge on any atom is -0.497 e. The zero-order chi connectivity index (χ0) is 30.8. The molecule has 0 amide bonds. The van der Waals surface area contributed by atoms with Gasteiger partial charge in [-0.3, -0.25) is 9.59 Å². The average Bonchev–Trinajstić information content (AvgIpc) is 3.03. The number of hydrogen-bond acceptors (Lipinski definition) is 11. The number of aliphatic hydroxyl groups is 1. The molecule has 0 radical (unpaired) electrons. The third-order valence-electron chi connectivity index (χ3n) is 7.05. The Kier molecular flexibility index (Phi) is 8.44. The van der Waals surface area contributed by atoms with Crippen molar-refractivity contribution in [1.82, 2.24) is 0 Å². The van der Waals surface area contributed by atoms with E-state index in [4.69, 9.17) is 33.2 Å². The molecule has 0 spiro atoms. The Morgan fingerprint density at radius 2 is 1.31 bits per heavy atom. The molecular formula is C31H30O11. The molecule has 0 saturated carbocycles. The van der Waals surface area contributed by atoms with Crippen LogP contribution < -0.4 is 28.4 Å². The van der Waals surface area contributed by atoms with E-state index in [9.17, 15) is 19.5 Å². The van der Waals surface area contributed by atoms with E-state index in [-0.39, 0.29) is 45.3 Å². The Balaban J connectivity index is 2.21. The quantitative estimate of drug-likeness (QED) is 0.215. The maximum absolute atomic E-state index is 14.2. The van der Waals surface area contributed by atoms with Crippen LogP contribution in [0.4, 0.5) is 0 Å². The molecule has 0 bridgehead atoms. The van der Waals surface area contributed by atoms with Crippen LogP contribution in [0.3, 0.4) is 0 Å². The van der Waals surface area contributed by atoms with Crippen molar-refractivity contribution >= 4 is 17.5 Å². The van der Waals surface area contributed by atoms with Gasteiger partial charge < -0.3 is 38.3 Å². The zero-order valence-electron chi connectivity index (χ0n) is 24.1. The molecule has 1 atom stereocenters. The molecule has 42 heavy (non-hydrogen) atoms. The van der Waals surface area contributed by atoms with Gasteiger partial charge in [-0.25, -0.2) is 4.79 Å². The predicted octanol–water partition coefficient (Wildman–Crippen LogP) is 3.52. The summed E-state index contributed by atoms with van der Waals surface area (Å²) in [4.78, 5) is 41.9. The monoisotopic (exact) mass is 578 g/mol. The van der Waals surface area contributed by atoms with Crippen molar-refractivity contribution in [1.29, 1.82) is 0 Å². The van der Waals surface area contributed by atoms with Gasteiger partial charge in [0.05, 0.1) is 66.5 Å². The number of allylic oxidation sites excluding steroid dienone is 1. The fourth-order valence-electron chi connectivity index (χ4n) is 5.05. The molecule has 11 nitrogen and oxygen atoms in total. The van der Waals surface area contributed by atoms with Crippen molar-refractivity contribution in [3.63, 3.8) is 0 Å². The predicted molar refractivity (Wildman–Crippen MR) is 149 cm³/mol. The second-order valence-corrected chi connectivity index (χ2v) is 8.98. The summed E-state index contributed by atoms with van der Waals surface area (Å²) in [6, 6.07) is 11.7. The molecule has 11 heteroatoms. The first-order chi connectivity index (χ1) is 20.2. The first kappa shape index (κ1) is 29.9. The average molecular weight is 579 g/mol. The number of ether oxygens (including phenoxy) is 7. The van der Waals surface area contributed by atoms with Gasteiger partial charge >= 0.3 is 5.97 Å². The van der Waals surface area contributed by atoms with Crippen LogP contribution in [-0.4, -0.2) is 72.4 Å². The molecule has 1 N–H and O–H groups in total. The summed E-state index contributed by atoms with van der Waals surface area (Å²) in [6.07, 6.45) is 0. The van der Waals surface area contributed by atoms with Gasteiger partial charge in [0.2, 0.25) is 5.75 Å². The number of carbonyl (C=O) groups is 3. The molecular weight excluding hydrogens is 548 g/mol. The van der Waals surface area contributed by atoms with Crippen molar-refractivity contribution in [2.75, 3.05) is 49.8 Å². The molecule has 0 aromatic heterocycles. The lowest BCUT2D eigenvalue weighted by Gasteiger charge is -2.38. The van der Waals surface area contributed by atoms with Gasteiger partial charge in [-0.15, -0.1) is 0 Å². The van der Waals surface area contributed by atoms with Crippen LogP contribution in [0.5, 0.6) is 34.5 Å². The summed E-state index contributed by atoms with van der Waals surface area (Å²) in [7, 11) is 9.39.